The normalized spacial score (nSPS) is 22.0. The molecule has 5 rings (SSSR count). The van der Waals surface area contributed by atoms with E-state index in [1.54, 1.807) is 29.2 Å². The highest BCUT2D eigenvalue weighted by Gasteiger charge is 2.39. The van der Waals surface area contributed by atoms with Crippen LogP contribution in [-0.4, -0.2) is 58.8 Å². The van der Waals surface area contributed by atoms with E-state index in [2.05, 4.69) is 5.32 Å². The Morgan fingerprint density at radius 2 is 1.83 bits per heavy atom. The molecule has 2 atom stereocenters. The number of hydrogen-bond acceptors (Lipinski definition) is 6. The van der Waals surface area contributed by atoms with E-state index in [-0.39, 0.29) is 36.9 Å². The number of fused-ring (bicyclic) bond motifs is 1. The van der Waals surface area contributed by atoms with Crippen LogP contribution in [0.15, 0.2) is 48.5 Å². The lowest BCUT2D eigenvalue weighted by molar-refractivity contribution is -0.136. The Bertz CT molecular complexity index is 1150. The number of carbonyl (C=O) groups is 4. The van der Waals surface area contributed by atoms with Crippen LogP contribution in [0, 0.1) is 0 Å². The van der Waals surface area contributed by atoms with Gasteiger partial charge < -0.3 is 19.3 Å². The Labute approximate surface area is 203 Å². The van der Waals surface area contributed by atoms with Gasteiger partial charge in [-0.1, -0.05) is 18.2 Å². The van der Waals surface area contributed by atoms with Gasteiger partial charge in [-0.15, -0.1) is 0 Å². The summed E-state index contributed by atoms with van der Waals surface area (Å²) in [5.74, 6) is 0.146. The zero-order valence-corrected chi connectivity index (χ0v) is 19.3. The van der Waals surface area contributed by atoms with Crippen molar-refractivity contribution in [2.24, 2.45) is 0 Å². The maximum atomic E-state index is 12.9. The van der Waals surface area contributed by atoms with Crippen molar-refractivity contribution in [1.82, 2.24) is 15.1 Å². The number of para-hydroxylation sites is 1. The van der Waals surface area contributed by atoms with Crippen LogP contribution >= 0.6 is 0 Å². The highest BCUT2D eigenvalue weighted by atomic mass is 16.6. The number of imide groups is 1. The van der Waals surface area contributed by atoms with Crippen LogP contribution in [0.2, 0.25) is 0 Å². The summed E-state index contributed by atoms with van der Waals surface area (Å²) < 4.78 is 11.6. The molecule has 2 aromatic rings. The predicted octanol–water partition coefficient (Wildman–Crippen LogP) is 2.88. The number of piperidine rings is 2. The molecule has 0 radical (unpaired) electrons. The third-order valence-electron chi connectivity index (χ3n) is 6.75. The predicted molar refractivity (Wildman–Crippen MR) is 125 cm³/mol. The van der Waals surface area contributed by atoms with Crippen LogP contribution in [0.5, 0.6) is 11.5 Å². The Morgan fingerprint density at radius 3 is 2.63 bits per heavy atom. The molecular weight excluding hydrogens is 450 g/mol. The second-order valence-corrected chi connectivity index (χ2v) is 9.05. The second kappa shape index (κ2) is 9.77. The fraction of sp³-hybridized carbons (Fsp3) is 0.385. The second-order valence-electron chi connectivity index (χ2n) is 9.05. The number of rotatable bonds is 5. The van der Waals surface area contributed by atoms with Crippen molar-refractivity contribution in [2.75, 3.05) is 13.2 Å². The monoisotopic (exact) mass is 477 g/mol. The van der Waals surface area contributed by atoms with Crippen molar-refractivity contribution < 1.29 is 28.7 Å². The lowest BCUT2D eigenvalue weighted by atomic mass is 10.0. The van der Waals surface area contributed by atoms with Crippen LogP contribution in [0.25, 0.3) is 0 Å². The zero-order valence-electron chi connectivity index (χ0n) is 19.3. The molecule has 182 valence electrons. The third-order valence-corrected chi connectivity index (χ3v) is 6.75. The topological polar surface area (TPSA) is 105 Å². The Kier molecular flexibility index (Phi) is 6.39. The van der Waals surface area contributed by atoms with Gasteiger partial charge in [0.1, 0.15) is 24.1 Å². The molecule has 9 nitrogen and oxygen atoms in total. The molecule has 0 bridgehead atoms. The number of likely N-dealkylation sites (tertiary alicyclic amines) is 1. The van der Waals surface area contributed by atoms with Crippen molar-refractivity contribution >= 4 is 23.8 Å². The van der Waals surface area contributed by atoms with Crippen LogP contribution in [0.4, 0.5) is 4.79 Å². The van der Waals surface area contributed by atoms with Crippen molar-refractivity contribution in [3.8, 4) is 11.5 Å². The summed E-state index contributed by atoms with van der Waals surface area (Å²) in [6.07, 6.45) is 2.89. The maximum absolute atomic E-state index is 12.9. The van der Waals surface area contributed by atoms with Gasteiger partial charge >= 0.3 is 6.09 Å². The number of nitrogens with zero attached hydrogens (tertiary/aromatic N) is 2. The van der Waals surface area contributed by atoms with Gasteiger partial charge in [-0.2, -0.15) is 0 Å². The minimum atomic E-state index is -0.650. The van der Waals surface area contributed by atoms with E-state index in [9.17, 15) is 19.2 Å². The largest absolute Gasteiger partial charge is 0.491 e. The van der Waals surface area contributed by atoms with Crippen molar-refractivity contribution in [3.63, 3.8) is 0 Å². The third kappa shape index (κ3) is 4.84. The molecule has 35 heavy (non-hydrogen) atoms. The number of nitrogens with one attached hydrogen (secondary N) is 1. The molecule has 0 aromatic heterocycles. The molecule has 3 aliphatic heterocycles. The van der Waals surface area contributed by atoms with E-state index in [1.807, 2.05) is 24.3 Å². The first-order chi connectivity index (χ1) is 17.0. The quantitative estimate of drug-likeness (QED) is 0.664. The van der Waals surface area contributed by atoms with Crippen LogP contribution in [0.3, 0.4) is 0 Å². The molecular formula is C26H27N3O6. The van der Waals surface area contributed by atoms with Gasteiger partial charge in [0.2, 0.25) is 11.8 Å². The molecule has 9 heteroatoms. The minimum Gasteiger partial charge on any atom is -0.491 e. The Hall–Kier alpha value is -3.88. The molecule has 1 N–H and O–H groups in total. The molecule has 2 saturated heterocycles. The molecule has 0 aliphatic carbocycles. The minimum absolute atomic E-state index is 0.116. The standard InChI is InChI=1S/C26H27N3O6/c30-23-12-11-22(24(31)27-23)29-15-17-14-20(9-10-21(17)25(29)32)34-16-18-6-4-5-13-28(18)26(33)35-19-7-2-1-3-8-19/h1-3,7-10,14,18,22H,4-6,11-13,15-16H2,(H,27,30,31)/t18-,22?/m1/s1. The summed E-state index contributed by atoms with van der Waals surface area (Å²) in [4.78, 5) is 52.6. The van der Waals surface area contributed by atoms with Gasteiger partial charge in [0.15, 0.2) is 0 Å². The molecule has 2 aromatic carbocycles. The molecule has 0 spiro atoms. The van der Waals surface area contributed by atoms with Gasteiger partial charge in [-0.3, -0.25) is 19.7 Å². The summed E-state index contributed by atoms with van der Waals surface area (Å²) >= 11 is 0. The summed E-state index contributed by atoms with van der Waals surface area (Å²) in [6.45, 7) is 1.21. The van der Waals surface area contributed by atoms with E-state index < -0.39 is 11.9 Å². The van der Waals surface area contributed by atoms with Crippen molar-refractivity contribution in [3.05, 3.63) is 59.7 Å². The zero-order chi connectivity index (χ0) is 24.4. The summed E-state index contributed by atoms with van der Waals surface area (Å²) in [5.41, 5.74) is 1.31. The summed E-state index contributed by atoms with van der Waals surface area (Å²) in [6, 6.07) is 13.5. The average molecular weight is 478 g/mol. The smallest absolute Gasteiger partial charge is 0.415 e. The number of hydrogen-bond donors (Lipinski definition) is 1. The van der Waals surface area contributed by atoms with E-state index in [1.165, 1.54) is 4.90 Å². The van der Waals surface area contributed by atoms with Gasteiger partial charge in [-0.05, 0) is 61.6 Å². The van der Waals surface area contributed by atoms with E-state index >= 15 is 0 Å². The average Bonchev–Trinajstić information content (AvgIpc) is 3.19. The van der Waals surface area contributed by atoms with Gasteiger partial charge in [0, 0.05) is 25.1 Å². The van der Waals surface area contributed by atoms with Gasteiger partial charge in [-0.25, -0.2) is 4.79 Å². The SMILES string of the molecule is O=C1CCC(N2Cc3cc(OC[C@H]4CCCCN4C(=O)Oc4ccccc4)ccc3C2=O)C(=O)N1. The van der Waals surface area contributed by atoms with Crippen LogP contribution < -0.4 is 14.8 Å². The fourth-order valence-electron chi connectivity index (χ4n) is 4.90. The molecule has 2 fully saturated rings. The molecule has 3 heterocycles. The number of benzene rings is 2. The highest BCUT2D eigenvalue weighted by Crippen LogP contribution is 2.30. The highest BCUT2D eigenvalue weighted by molar-refractivity contribution is 6.05. The lowest BCUT2D eigenvalue weighted by Crippen LogP contribution is -2.52. The van der Waals surface area contributed by atoms with E-state index in [0.717, 1.165) is 24.8 Å². The Balaban J connectivity index is 1.22. The summed E-state index contributed by atoms with van der Waals surface area (Å²) in [5, 5.41) is 2.31. The number of amides is 4. The van der Waals surface area contributed by atoms with Crippen LogP contribution in [0.1, 0.15) is 48.0 Å². The lowest BCUT2D eigenvalue weighted by Gasteiger charge is -2.34. The van der Waals surface area contributed by atoms with Crippen LogP contribution in [-0.2, 0) is 16.1 Å². The molecule has 4 amide bonds. The van der Waals surface area contributed by atoms with Gasteiger partial charge in [0.25, 0.3) is 5.91 Å². The molecule has 0 saturated carbocycles. The van der Waals surface area contributed by atoms with Crippen molar-refractivity contribution in [1.29, 1.82) is 0 Å². The summed E-state index contributed by atoms with van der Waals surface area (Å²) in [7, 11) is 0. The first-order valence-corrected chi connectivity index (χ1v) is 11.9. The molecule has 1 unspecified atom stereocenters. The number of ether oxygens (including phenoxy) is 2. The van der Waals surface area contributed by atoms with E-state index in [0.29, 0.717) is 36.6 Å². The van der Waals surface area contributed by atoms with Gasteiger partial charge in [0.05, 0.1) is 6.04 Å². The fourth-order valence-corrected chi connectivity index (χ4v) is 4.90. The van der Waals surface area contributed by atoms with E-state index in [4.69, 9.17) is 9.47 Å². The van der Waals surface area contributed by atoms with Crippen molar-refractivity contribution in [2.45, 2.75) is 50.7 Å². The first-order valence-electron chi connectivity index (χ1n) is 11.9. The Morgan fingerprint density at radius 1 is 1.00 bits per heavy atom. The first kappa shape index (κ1) is 22.9. The number of carbonyl (C=O) groups excluding carboxylic acids is 4. The molecule has 3 aliphatic rings. The maximum Gasteiger partial charge on any atom is 0.415 e.